The number of nitrogens with two attached hydrogens (primary N) is 1. The quantitative estimate of drug-likeness (QED) is 0.467. The molecule has 0 aliphatic carbocycles. The van der Waals surface area contributed by atoms with E-state index in [1.54, 1.807) is 12.3 Å². The van der Waals surface area contributed by atoms with Crippen LogP contribution in [0, 0.1) is 11.3 Å². The third kappa shape index (κ3) is 5.06. The number of thiocarbonyl (C=S) groups is 1. The summed E-state index contributed by atoms with van der Waals surface area (Å²) in [5.41, 5.74) is 10.1. The maximum atomic E-state index is 9.07. The fraction of sp³-hybridized carbons (Fsp3) is 0.0625. The highest BCUT2D eigenvalue weighted by molar-refractivity contribution is 9.10. The van der Waals surface area contributed by atoms with Crippen molar-refractivity contribution in [2.45, 2.75) is 6.61 Å². The first kappa shape index (κ1) is 16.9. The summed E-state index contributed by atoms with van der Waals surface area (Å²) in [7, 11) is 0. The van der Waals surface area contributed by atoms with Crippen molar-refractivity contribution in [1.82, 2.24) is 5.43 Å². The van der Waals surface area contributed by atoms with Crippen molar-refractivity contribution in [3.63, 3.8) is 0 Å². The Kier molecular flexibility index (Phi) is 6.09. The molecule has 0 radical (unpaired) electrons. The molecule has 116 valence electrons. The molecule has 0 heterocycles. The van der Waals surface area contributed by atoms with Crippen LogP contribution >= 0.6 is 28.1 Å². The number of nitriles is 1. The summed E-state index contributed by atoms with van der Waals surface area (Å²) >= 11 is 8.11. The highest BCUT2D eigenvalue weighted by atomic mass is 79.9. The van der Waals surface area contributed by atoms with E-state index >= 15 is 0 Å². The molecule has 0 aromatic heterocycles. The highest BCUT2D eigenvalue weighted by Crippen LogP contribution is 2.26. The summed E-state index contributed by atoms with van der Waals surface area (Å²) in [4.78, 5) is 0. The normalized spacial score (nSPS) is 10.3. The van der Waals surface area contributed by atoms with E-state index < -0.39 is 0 Å². The number of nitrogens with one attached hydrogen (secondary N) is 1. The Labute approximate surface area is 147 Å². The van der Waals surface area contributed by atoms with E-state index in [9.17, 15) is 0 Å². The minimum atomic E-state index is 0.108. The van der Waals surface area contributed by atoms with Gasteiger partial charge in [-0.3, -0.25) is 5.43 Å². The van der Waals surface area contributed by atoms with Crippen LogP contribution in [0.3, 0.4) is 0 Å². The standard InChI is InChI=1S/C16H13BrN4OS/c17-14-7-11(9-20-21-16(19)23)5-6-15(14)22-10-13-4-2-1-3-12(13)8-18/h1-7,9H,10H2,(H3,19,21,23). The molecule has 0 bridgehead atoms. The zero-order chi connectivity index (χ0) is 16.7. The predicted octanol–water partition coefficient (Wildman–Crippen LogP) is 3.07. The van der Waals surface area contributed by atoms with Crippen LogP contribution < -0.4 is 15.9 Å². The summed E-state index contributed by atoms with van der Waals surface area (Å²) < 4.78 is 6.55. The molecule has 0 saturated heterocycles. The van der Waals surface area contributed by atoms with Gasteiger partial charge in [-0.25, -0.2) is 0 Å². The monoisotopic (exact) mass is 388 g/mol. The van der Waals surface area contributed by atoms with Gasteiger partial charge in [-0.1, -0.05) is 18.2 Å². The predicted molar refractivity (Wildman–Crippen MR) is 97.1 cm³/mol. The second-order valence-electron chi connectivity index (χ2n) is 4.48. The molecule has 7 heteroatoms. The van der Waals surface area contributed by atoms with Gasteiger partial charge in [0, 0.05) is 5.56 Å². The molecule has 3 N–H and O–H groups in total. The van der Waals surface area contributed by atoms with Gasteiger partial charge in [0.15, 0.2) is 5.11 Å². The zero-order valence-corrected chi connectivity index (χ0v) is 14.4. The molecule has 2 aromatic rings. The largest absolute Gasteiger partial charge is 0.488 e. The smallest absolute Gasteiger partial charge is 0.184 e. The third-order valence-electron chi connectivity index (χ3n) is 2.87. The Bertz CT molecular complexity index is 786. The maximum absolute atomic E-state index is 9.07. The van der Waals surface area contributed by atoms with Crippen LogP contribution in [-0.4, -0.2) is 11.3 Å². The van der Waals surface area contributed by atoms with E-state index in [1.165, 1.54) is 0 Å². The lowest BCUT2D eigenvalue weighted by Gasteiger charge is -2.09. The van der Waals surface area contributed by atoms with Crippen LogP contribution in [0.15, 0.2) is 52.0 Å². The SMILES string of the molecule is N#Cc1ccccc1COc1ccc(C=NNC(N)=S)cc1Br. The Hall–Kier alpha value is -2.43. The zero-order valence-electron chi connectivity index (χ0n) is 12.0. The summed E-state index contributed by atoms with van der Waals surface area (Å²) in [5.74, 6) is 0.678. The number of benzene rings is 2. The summed E-state index contributed by atoms with van der Waals surface area (Å²) in [6.45, 7) is 0.318. The summed E-state index contributed by atoms with van der Waals surface area (Å²) in [6.07, 6.45) is 1.60. The minimum Gasteiger partial charge on any atom is -0.488 e. The second kappa shape index (κ2) is 8.27. The molecule has 5 nitrogen and oxygen atoms in total. The number of halogens is 1. The Morgan fingerprint density at radius 1 is 1.39 bits per heavy atom. The summed E-state index contributed by atoms with van der Waals surface area (Å²) in [6, 6.07) is 15.0. The topological polar surface area (TPSA) is 83.4 Å². The van der Waals surface area contributed by atoms with E-state index in [4.69, 9.17) is 15.7 Å². The maximum Gasteiger partial charge on any atom is 0.184 e. The average molecular weight is 389 g/mol. The first-order valence-electron chi connectivity index (χ1n) is 6.59. The molecule has 0 amide bonds. The molecule has 0 spiro atoms. The van der Waals surface area contributed by atoms with Gasteiger partial charge < -0.3 is 10.5 Å². The fourth-order valence-corrected chi connectivity index (χ4v) is 2.36. The second-order valence-corrected chi connectivity index (χ2v) is 5.78. The van der Waals surface area contributed by atoms with E-state index in [1.807, 2.05) is 36.4 Å². The Morgan fingerprint density at radius 3 is 2.87 bits per heavy atom. The molecule has 2 aromatic carbocycles. The Balaban J connectivity index is 2.05. The van der Waals surface area contributed by atoms with Gasteiger partial charge in [0.1, 0.15) is 12.4 Å². The molecule has 0 atom stereocenters. The first-order valence-corrected chi connectivity index (χ1v) is 7.79. The van der Waals surface area contributed by atoms with Crippen molar-refractivity contribution in [2.75, 3.05) is 0 Å². The van der Waals surface area contributed by atoms with Crippen LogP contribution in [0.5, 0.6) is 5.75 Å². The lowest BCUT2D eigenvalue weighted by atomic mass is 10.1. The van der Waals surface area contributed by atoms with Gasteiger partial charge in [-0.2, -0.15) is 10.4 Å². The molecule has 0 unspecified atom stereocenters. The van der Waals surface area contributed by atoms with Gasteiger partial charge in [0.25, 0.3) is 0 Å². The van der Waals surface area contributed by atoms with Crippen molar-refractivity contribution >= 4 is 39.5 Å². The van der Waals surface area contributed by atoms with E-state index in [0.29, 0.717) is 17.9 Å². The number of hydrogen-bond donors (Lipinski definition) is 2. The van der Waals surface area contributed by atoms with Crippen molar-refractivity contribution in [3.05, 3.63) is 63.6 Å². The van der Waals surface area contributed by atoms with Crippen LogP contribution in [0.2, 0.25) is 0 Å². The van der Waals surface area contributed by atoms with E-state index in [2.05, 4.69) is 44.7 Å². The Morgan fingerprint density at radius 2 is 2.17 bits per heavy atom. The fourth-order valence-electron chi connectivity index (χ4n) is 1.80. The molecular weight excluding hydrogens is 376 g/mol. The lowest BCUT2D eigenvalue weighted by molar-refractivity contribution is 0.304. The van der Waals surface area contributed by atoms with Crippen molar-refractivity contribution in [3.8, 4) is 11.8 Å². The molecular formula is C16H13BrN4OS. The number of hydrazone groups is 1. The third-order valence-corrected chi connectivity index (χ3v) is 3.58. The van der Waals surface area contributed by atoms with Crippen LogP contribution in [0.1, 0.15) is 16.7 Å². The van der Waals surface area contributed by atoms with Gasteiger partial charge in [-0.15, -0.1) is 0 Å². The van der Waals surface area contributed by atoms with Gasteiger partial charge in [0.2, 0.25) is 0 Å². The van der Waals surface area contributed by atoms with Gasteiger partial charge in [-0.05, 0) is 58.0 Å². The van der Waals surface area contributed by atoms with Crippen molar-refractivity contribution in [1.29, 1.82) is 5.26 Å². The molecule has 0 fully saturated rings. The van der Waals surface area contributed by atoms with E-state index in [-0.39, 0.29) is 5.11 Å². The lowest BCUT2D eigenvalue weighted by Crippen LogP contribution is -2.23. The molecule has 0 aliphatic heterocycles. The van der Waals surface area contributed by atoms with Crippen LogP contribution in [-0.2, 0) is 6.61 Å². The van der Waals surface area contributed by atoms with Gasteiger partial charge in [0.05, 0.1) is 22.3 Å². The number of ether oxygens (including phenoxy) is 1. The average Bonchev–Trinajstić information content (AvgIpc) is 2.54. The number of rotatable bonds is 5. The van der Waals surface area contributed by atoms with Crippen molar-refractivity contribution < 1.29 is 4.74 Å². The van der Waals surface area contributed by atoms with Crippen LogP contribution in [0.25, 0.3) is 0 Å². The summed E-state index contributed by atoms with van der Waals surface area (Å²) in [5, 5.41) is 13.1. The molecule has 2 rings (SSSR count). The number of hydrogen-bond acceptors (Lipinski definition) is 4. The highest BCUT2D eigenvalue weighted by Gasteiger charge is 2.05. The van der Waals surface area contributed by atoms with Crippen molar-refractivity contribution in [2.24, 2.45) is 10.8 Å². The van der Waals surface area contributed by atoms with Crippen LogP contribution in [0.4, 0.5) is 0 Å². The molecule has 0 aliphatic rings. The minimum absolute atomic E-state index is 0.108. The first-order chi connectivity index (χ1) is 11.1. The van der Waals surface area contributed by atoms with Gasteiger partial charge >= 0.3 is 0 Å². The number of nitrogens with zero attached hydrogens (tertiary/aromatic N) is 2. The molecule has 23 heavy (non-hydrogen) atoms. The van der Waals surface area contributed by atoms with E-state index in [0.717, 1.165) is 15.6 Å². The molecule has 0 saturated carbocycles.